The maximum atomic E-state index is 9.02. The highest BCUT2D eigenvalue weighted by molar-refractivity contribution is 4.74. The van der Waals surface area contributed by atoms with Gasteiger partial charge in [-0.3, -0.25) is 0 Å². The highest BCUT2D eigenvalue weighted by Crippen LogP contribution is 2.19. The van der Waals surface area contributed by atoms with Gasteiger partial charge in [0.25, 0.3) is 0 Å². The van der Waals surface area contributed by atoms with Crippen LogP contribution in [0.15, 0.2) is 0 Å². The molecule has 2 heteroatoms. The molecule has 0 radical (unpaired) electrons. The van der Waals surface area contributed by atoms with Gasteiger partial charge in [0.1, 0.15) is 0 Å². The molecule has 54 valence electrons. The molecule has 1 aliphatic heterocycles. The summed E-state index contributed by atoms with van der Waals surface area (Å²) in [5.41, 5.74) is 0. The first-order valence-corrected chi connectivity index (χ1v) is 3.50. The van der Waals surface area contributed by atoms with E-state index in [-0.39, 0.29) is 6.10 Å². The Kier molecular flexibility index (Phi) is 2.09. The van der Waals surface area contributed by atoms with Gasteiger partial charge in [-0.05, 0) is 5.92 Å². The maximum absolute atomic E-state index is 9.02. The van der Waals surface area contributed by atoms with Crippen molar-refractivity contribution in [2.45, 2.75) is 32.5 Å². The van der Waals surface area contributed by atoms with Crippen LogP contribution in [0.1, 0.15) is 20.3 Å². The van der Waals surface area contributed by atoms with E-state index in [1.807, 2.05) is 0 Å². The Morgan fingerprint density at radius 3 is 2.44 bits per heavy atom. The van der Waals surface area contributed by atoms with Crippen LogP contribution in [0.4, 0.5) is 0 Å². The summed E-state index contributed by atoms with van der Waals surface area (Å²) in [5.74, 6) is 0.544. The molecule has 2 nitrogen and oxygen atoms in total. The summed E-state index contributed by atoms with van der Waals surface area (Å²) >= 11 is 0. The average Bonchev–Trinajstić information content (AvgIpc) is 2.14. The minimum absolute atomic E-state index is 0.211. The summed E-state index contributed by atoms with van der Waals surface area (Å²) in [6.07, 6.45) is 0.898. The Hall–Kier alpha value is -0.0800. The van der Waals surface area contributed by atoms with Gasteiger partial charge in [0.2, 0.25) is 0 Å². The van der Waals surface area contributed by atoms with Crippen LogP contribution in [-0.2, 0) is 4.74 Å². The zero-order valence-electron chi connectivity index (χ0n) is 6.00. The summed E-state index contributed by atoms with van der Waals surface area (Å²) in [6, 6.07) is 0. The highest BCUT2D eigenvalue weighted by atomic mass is 16.5. The fourth-order valence-electron chi connectivity index (χ4n) is 1.10. The second-order valence-electron chi connectivity index (χ2n) is 3.01. The molecular weight excluding hydrogens is 116 g/mol. The summed E-state index contributed by atoms with van der Waals surface area (Å²) in [5, 5.41) is 9.02. The van der Waals surface area contributed by atoms with E-state index in [1.165, 1.54) is 0 Å². The minimum Gasteiger partial charge on any atom is -0.391 e. The van der Waals surface area contributed by atoms with E-state index >= 15 is 0 Å². The number of aliphatic hydroxyl groups excluding tert-OH is 1. The van der Waals surface area contributed by atoms with Crippen molar-refractivity contribution in [2.75, 3.05) is 6.61 Å². The van der Waals surface area contributed by atoms with Crippen molar-refractivity contribution in [2.24, 2.45) is 5.92 Å². The normalized spacial score (nSPS) is 36.0. The molecule has 0 aliphatic carbocycles. The molecule has 0 aromatic rings. The Labute approximate surface area is 55.8 Å². The molecule has 1 saturated heterocycles. The van der Waals surface area contributed by atoms with Gasteiger partial charge in [-0.2, -0.15) is 0 Å². The number of aliphatic hydroxyl groups is 1. The van der Waals surface area contributed by atoms with Crippen LogP contribution in [0.3, 0.4) is 0 Å². The van der Waals surface area contributed by atoms with E-state index < -0.39 is 0 Å². The van der Waals surface area contributed by atoms with Crippen LogP contribution in [-0.4, -0.2) is 23.9 Å². The molecule has 9 heavy (non-hydrogen) atoms. The smallest absolute Gasteiger partial charge is 0.0798 e. The van der Waals surface area contributed by atoms with Gasteiger partial charge < -0.3 is 9.84 Å². The second kappa shape index (κ2) is 2.67. The van der Waals surface area contributed by atoms with E-state index in [2.05, 4.69) is 13.8 Å². The topological polar surface area (TPSA) is 29.5 Å². The van der Waals surface area contributed by atoms with Crippen molar-refractivity contribution in [1.82, 2.24) is 0 Å². The number of rotatable bonds is 1. The predicted molar refractivity (Wildman–Crippen MR) is 35.2 cm³/mol. The Bertz CT molecular complexity index is 90.9. The van der Waals surface area contributed by atoms with Gasteiger partial charge in [0.05, 0.1) is 18.8 Å². The van der Waals surface area contributed by atoms with Crippen molar-refractivity contribution in [3.05, 3.63) is 0 Å². The molecule has 0 bridgehead atoms. The molecule has 2 atom stereocenters. The zero-order chi connectivity index (χ0) is 6.85. The molecule has 1 rings (SSSR count). The summed E-state index contributed by atoms with van der Waals surface area (Å²) < 4.78 is 5.28. The van der Waals surface area contributed by atoms with Gasteiger partial charge in [0, 0.05) is 6.42 Å². The highest BCUT2D eigenvalue weighted by Gasteiger charge is 2.25. The largest absolute Gasteiger partial charge is 0.391 e. The summed E-state index contributed by atoms with van der Waals surface area (Å²) in [7, 11) is 0. The van der Waals surface area contributed by atoms with Crippen LogP contribution in [0.5, 0.6) is 0 Å². The molecule has 0 spiro atoms. The molecule has 1 aliphatic rings. The molecule has 1 N–H and O–H groups in total. The van der Waals surface area contributed by atoms with Gasteiger partial charge in [-0.15, -0.1) is 0 Å². The molecule has 0 saturated carbocycles. The number of ether oxygens (including phenoxy) is 1. The van der Waals surface area contributed by atoms with E-state index in [4.69, 9.17) is 9.84 Å². The Morgan fingerprint density at radius 2 is 2.22 bits per heavy atom. The van der Waals surface area contributed by atoms with Crippen molar-refractivity contribution in [3.63, 3.8) is 0 Å². The lowest BCUT2D eigenvalue weighted by Gasteiger charge is -2.11. The number of hydrogen-bond donors (Lipinski definition) is 1. The first-order chi connectivity index (χ1) is 4.20. The molecule has 1 heterocycles. The predicted octanol–water partition coefficient (Wildman–Crippen LogP) is 0.792. The monoisotopic (exact) mass is 130 g/mol. The van der Waals surface area contributed by atoms with Gasteiger partial charge in [-0.25, -0.2) is 0 Å². The van der Waals surface area contributed by atoms with Crippen LogP contribution in [0.2, 0.25) is 0 Å². The van der Waals surface area contributed by atoms with Gasteiger partial charge >= 0.3 is 0 Å². The van der Waals surface area contributed by atoms with Crippen LogP contribution in [0.25, 0.3) is 0 Å². The van der Waals surface area contributed by atoms with Crippen molar-refractivity contribution >= 4 is 0 Å². The Morgan fingerprint density at radius 1 is 1.56 bits per heavy atom. The molecule has 1 fully saturated rings. The Balaban J connectivity index is 2.30. The molecule has 0 aromatic heterocycles. The lowest BCUT2D eigenvalue weighted by Crippen LogP contribution is -2.13. The third kappa shape index (κ3) is 1.66. The van der Waals surface area contributed by atoms with E-state index in [0.29, 0.717) is 18.6 Å². The van der Waals surface area contributed by atoms with E-state index in [0.717, 1.165) is 6.42 Å². The molecule has 0 aromatic carbocycles. The van der Waals surface area contributed by atoms with Crippen LogP contribution < -0.4 is 0 Å². The van der Waals surface area contributed by atoms with Crippen LogP contribution in [0, 0.1) is 5.92 Å². The lowest BCUT2D eigenvalue weighted by molar-refractivity contribution is 0.0641. The average molecular weight is 130 g/mol. The van der Waals surface area contributed by atoms with E-state index in [9.17, 15) is 0 Å². The fourth-order valence-corrected chi connectivity index (χ4v) is 1.10. The van der Waals surface area contributed by atoms with Crippen molar-refractivity contribution in [3.8, 4) is 0 Å². The molecule has 0 amide bonds. The van der Waals surface area contributed by atoms with Crippen molar-refractivity contribution < 1.29 is 9.84 Å². The zero-order valence-corrected chi connectivity index (χ0v) is 6.00. The van der Waals surface area contributed by atoms with Crippen LogP contribution >= 0.6 is 0 Å². The maximum Gasteiger partial charge on any atom is 0.0798 e. The lowest BCUT2D eigenvalue weighted by atomic mass is 10.0. The van der Waals surface area contributed by atoms with E-state index in [1.54, 1.807) is 0 Å². The standard InChI is InChI=1S/C7H14O2/c1-5(2)7-3-6(8)4-9-7/h5-8H,3-4H2,1-2H3/t6-,7+/m1/s1. The quantitative estimate of drug-likeness (QED) is 0.568. The van der Waals surface area contributed by atoms with Crippen molar-refractivity contribution in [1.29, 1.82) is 0 Å². The number of hydrogen-bond acceptors (Lipinski definition) is 2. The fraction of sp³-hybridized carbons (Fsp3) is 1.00. The van der Waals surface area contributed by atoms with Gasteiger partial charge in [-0.1, -0.05) is 13.8 Å². The second-order valence-corrected chi connectivity index (χ2v) is 3.01. The van der Waals surface area contributed by atoms with Gasteiger partial charge in [0.15, 0.2) is 0 Å². The minimum atomic E-state index is -0.211. The first kappa shape index (κ1) is 7.03. The summed E-state index contributed by atoms with van der Waals surface area (Å²) in [6.45, 7) is 4.76. The third-order valence-corrected chi connectivity index (χ3v) is 1.75. The molecule has 0 unspecified atom stereocenters. The molecular formula is C7H14O2. The SMILES string of the molecule is CC(C)[C@@H]1C[C@@H](O)CO1. The summed E-state index contributed by atoms with van der Waals surface area (Å²) in [4.78, 5) is 0. The first-order valence-electron chi connectivity index (χ1n) is 3.50. The third-order valence-electron chi connectivity index (χ3n) is 1.75.